The maximum Gasteiger partial charge on any atom is 0.257 e. The Kier molecular flexibility index (Phi) is 4.11. The van der Waals surface area contributed by atoms with Gasteiger partial charge in [0, 0.05) is 0 Å². The van der Waals surface area contributed by atoms with E-state index >= 15 is 0 Å². The van der Waals surface area contributed by atoms with Gasteiger partial charge in [-0.3, -0.25) is 4.79 Å². The highest BCUT2D eigenvalue weighted by atomic mass is 16.1. The molecule has 1 aliphatic carbocycles. The van der Waals surface area contributed by atoms with Gasteiger partial charge in [0.1, 0.15) is 6.54 Å². The topological polar surface area (TPSA) is 49.5 Å². The second kappa shape index (κ2) is 6.02. The van der Waals surface area contributed by atoms with Crippen LogP contribution in [0.5, 0.6) is 0 Å². The average molecular weight is 285 g/mol. The molecule has 21 heavy (non-hydrogen) atoms. The highest BCUT2D eigenvalue weighted by molar-refractivity contribution is 5.83. The Labute approximate surface area is 125 Å². The van der Waals surface area contributed by atoms with Gasteiger partial charge >= 0.3 is 0 Å². The molecule has 0 unspecified atom stereocenters. The normalized spacial score (nSPS) is 16.5. The molecule has 1 heterocycles. The molecule has 3 rings (SSSR count). The van der Waals surface area contributed by atoms with Crippen LogP contribution >= 0.6 is 0 Å². The first-order chi connectivity index (χ1) is 10.1. The molecule has 1 aliphatic rings. The van der Waals surface area contributed by atoms with E-state index in [9.17, 15) is 4.79 Å². The van der Waals surface area contributed by atoms with E-state index < -0.39 is 0 Å². The van der Waals surface area contributed by atoms with Gasteiger partial charge in [0.25, 0.3) is 5.56 Å². The first kappa shape index (κ1) is 14.3. The fourth-order valence-electron chi connectivity index (χ4n) is 3.39. The number of nitrogens with one attached hydrogen (secondary N) is 1. The molecule has 0 aliphatic heterocycles. The zero-order chi connectivity index (χ0) is 14.8. The van der Waals surface area contributed by atoms with Gasteiger partial charge in [0.2, 0.25) is 0 Å². The van der Waals surface area contributed by atoms with E-state index in [1.54, 1.807) is 0 Å². The van der Waals surface area contributed by atoms with Crippen LogP contribution in [0, 0.1) is 13.8 Å². The van der Waals surface area contributed by atoms with Gasteiger partial charge in [-0.1, -0.05) is 18.6 Å². The summed E-state index contributed by atoms with van der Waals surface area (Å²) in [5.74, 6) is 0. The molecule has 1 aromatic carbocycles. The minimum absolute atomic E-state index is 0.0725. The summed E-state index contributed by atoms with van der Waals surface area (Å²) < 4.78 is 0. The number of aromatic amines is 1. The number of hydrogen-bond donors (Lipinski definition) is 2. The lowest BCUT2D eigenvalue weighted by molar-refractivity contribution is -0.706. The van der Waals surface area contributed by atoms with Crippen LogP contribution in [0.1, 0.15) is 48.8 Å². The molecule has 0 radical (unpaired) electrons. The summed E-state index contributed by atoms with van der Waals surface area (Å²) >= 11 is 0. The quantitative estimate of drug-likeness (QED) is 0.894. The Morgan fingerprint density at radius 3 is 2.71 bits per heavy atom. The molecule has 0 amide bonds. The van der Waals surface area contributed by atoms with Crippen molar-refractivity contribution in [2.45, 2.75) is 58.5 Å². The smallest absolute Gasteiger partial charge is 0.257 e. The molecular weight excluding hydrogens is 260 g/mol. The summed E-state index contributed by atoms with van der Waals surface area (Å²) in [6.45, 7) is 4.95. The third kappa shape index (κ3) is 3.03. The Bertz CT molecular complexity index is 696. The van der Waals surface area contributed by atoms with E-state index in [-0.39, 0.29) is 5.56 Å². The summed E-state index contributed by atoms with van der Waals surface area (Å²) in [6, 6.07) is 7.01. The van der Waals surface area contributed by atoms with Crippen LogP contribution in [0.25, 0.3) is 10.9 Å². The number of hydrogen-bond acceptors (Lipinski definition) is 1. The number of pyridine rings is 1. The monoisotopic (exact) mass is 285 g/mol. The van der Waals surface area contributed by atoms with E-state index in [0.29, 0.717) is 6.04 Å². The minimum atomic E-state index is 0.0725. The number of benzene rings is 1. The summed E-state index contributed by atoms with van der Waals surface area (Å²) in [7, 11) is 0. The third-order valence-corrected chi connectivity index (χ3v) is 4.95. The number of aryl methyl sites for hydroxylation is 2. The molecule has 2 aromatic rings. The molecule has 0 atom stereocenters. The predicted octanol–water partition coefficient (Wildman–Crippen LogP) is 2.54. The van der Waals surface area contributed by atoms with Crippen LogP contribution in [0.4, 0.5) is 0 Å². The van der Waals surface area contributed by atoms with Crippen molar-refractivity contribution in [3.05, 3.63) is 45.2 Å². The van der Waals surface area contributed by atoms with Crippen LogP contribution in [0.15, 0.2) is 23.0 Å². The van der Waals surface area contributed by atoms with E-state index in [1.807, 2.05) is 0 Å². The Hall–Kier alpha value is -1.61. The molecule has 3 nitrogen and oxygen atoms in total. The van der Waals surface area contributed by atoms with Crippen molar-refractivity contribution in [3.8, 4) is 0 Å². The number of rotatable bonds is 3. The SMILES string of the molecule is Cc1ccc2cc(C[NH2+]C3CCCCC3)c(=O)[nH]c2c1C. The van der Waals surface area contributed by atoms with E-state index in [1.165, 1.54) is 43.2 Å². The van der Waals surface area contributed by atoms with E-state index in [0.717, 1.165) is 23.0 Å². The van der Waals surface area contributed by atoms with Crippen molar-refractivity contribution in [2.24, 2.45) is 0 Å². The van der Waals surface area contributed by atoms with Gasteiger partial charge in [-0.15, -0.1) is 0 Å². The summed E-state index contributed by atoms with van der Waals surface area (Å²) in [4.78, 5) is 15.4. The van der Waals surface area contributed by atoms with Crippen LogP contribution in [0.3, 0.4) is 0 Å². The van der Waals surface area contributed by atoms with Crippen LogP contribution in [-0.2, 0) is 6.54 Å². The first-order valence-corrected chi connectivity index (χ1v) is 8.10. The summed E-state index contributed by atoms with van der Waals surface area (Å²) in [6.07, 6.45) is 6.65. The van der Waals surface area contributed by atoms with Crippen LogP contribution in [-0.4, -0.2) is 11.0 Å². The van der Waals surface area contributed by atoms with Gasteiger partial charge in [-0.2, -0.15) is 0 Å². The molecule has 0 saturated heterocycles. The maximum absolute atomic E-state index is 12.3. The van der Waals surface area contributed by atoms with Gasteiger partial charge in [-0.25, -0.2) is 0 Å². The lowest BCUT2D eigenvalue weighted by atomic mass is 9.95. The number of quaternary nitrogens is 1. The third-order valence-electron chi connectivity index (χ3n) is 4.95. The molecule has 1 fully saturated rings. The Morgan fingerprint density at radius 2 is 1.95 bits per heavy atom. The molecular formula is C18H25N2O+. The Morgan fingerprint density at radius 1 is 1.19 bits per heavy atom. The number of nitrogens with two attached hydrogens (primary N) is 1. The molecule has 1 saturated carbocycles. The lowest BCUT2D eigenvalue weighted by Crippen LogP contribution is -2.89. The van der Waals surface area contributed by atoms with Gasteiger partial charge in [0.05, 0.1) is 17.1 Å². The summed E-state index contributed by atoms with van der Waals surface area (Å²) in [5, 5.41) is 3.50. The second-order valence-corrected chi connectivity index (χ2v) is 6.43. The standard InChI is InChI=1S/C18H24N2O/c1-12-8-9-14-10-15(18(21)20-17(14)13(12)2)11-19-16-6-4-3-5-7-16/h8-10,16,19H,3-7,11H2,1-2H3,(H,20,21)/p+1. The number of H-pyrrole nitrogens is 1. The first-order valence-electron chi connectivity index (χ1n) is 8.10. The largest absolute Gasteiger partial charge is 0.340 e. The van der Waals surface area contributed by atoms with Crippen molar-refractivity contribution >= 4 is 10.9 Å². The predicted molar refractivity (Wildman–Crippen MR) is 86.5 cm³/mol. The molecule has 0 spiro atoms. The highest BCUT2D eigenvalue weighted by Crippen LogP contribution is 2.19. The van der Waals surface area contributed by atoms with Crippen molar-refractivity contribution in [3.63, 3.8) is 0 Å². The van der Waals surface area contributed by atoms with Gasteiger partial charge in [-0.05, 0) is 62.1 Å². The van der Waals surface area contributed by atoms with Crippen molar-refractivity contribution in [1.82, 2.24) is 4.98 Å². The summed E-state index contributed by atoms with van der Waals surface area (Å²) in [5.41, 5.74) is 4.35. The van der Waals surface area contributed by atoms with E-state index in [2.05, 4.69) is 42.3 Å². The van der Waals surface area contributed by atoms with Crippen molar-refractivity contribution < 1.29 is 5.32 Å². The number of aromatic nitrogens is 1. The van der Waals surface area contributed by atoms with Crippen molar-refractivity contribution in [1.29, 1.82) is 0 Å². The van der Waals surface area contributed by atoms with Crippen LogP contribution < -0.4 is 10.9 Å². The van der Waals surface area contributed by atoms with Crippen molar-refractivity contribution in [2.75, 3.05) is 0 Å². The Balaban J connectivity index is 1.84. The lowest BCUT2D eigenvalue weighted by Gasteiger charge is -2.19. The highest BCUT2D eigenvalue weighted by Gasteiger charge is 2.16. The zero-order valence-electron chi connectivity index (χ0n) is 13.0. The molecule has 1 aromatic heterocycles. The van der Waals surface area contributed by atoms with E-state index in [4.69, 9.17) is 0 Å². The zero-order valence-corrected chi connectivity index (χ0v) is 13.0. The fraction of sp³-hybridized carbons (Fsp3) is 0.500. The fourth-order valence-corrected chi connectivity index (χ4v) is 3.39. The molecule has 112 valence electrons. The molecule has 3 heteroatoms. The average Bonchev–Trinajstić information content (AvgIpc) is 2.51. The second-order valence-electron chi connectivity index (χ2n) is 6.43. The van der Waals surface area contributed by atoms with Gasteiger partial charge in [0.15, 0.2) is 0 Å². The van der Waals surface area contributed by atoms with Crippen LogP contribution in [0.2, 0.25) is 0 Å². The minimum Gasteiger partial charge on any atom is -0.340 e. The van der Waals surface area contributed by atoms with Gasteiger partial charge < -0.3 is 10.3 Å². The number of fused-ring (bicyclic) bond motifs is 1. The molecule has 3 N–H and O–H groups in total. The molecule has 0 bridgehead atoms. The maximum atomic E-state index is 12.3.